The van der Waals surface area contributed by atoms with E-state index in [1.165, 1.54) is 0 Å². The van der Waals surface area contributed by atoms with Crippen LogP contribution >= 0.6 is 0 Å². The van der Waals surface area contributed by atoms with Gasteiger partial charge in [-0.15, -0.1) is 0 Å². The molecule has 34 heavy (non-hydrogen) atoms. The Hall–Kier alpha value is -2.44. The highest BCUT2D eigenvalue weighted by molar-refractivity contribution is 5.94. The van der Waals surface area contributed by atoms with Gasteiger partial charge in [-0.05, 0) is 67.9 Å². The molecule has 1 aromatic heterocycles. The van der Waals surface area contributed by atoms with Crippen molar-refractivity contribution in [2.24, 2.45) is 23.7 Å². The lowest BCUT2D eigenvalue weighted by Gasteiger charge is -2.51. The molecule has 4 heterocycles. The zero-order chi connectivity index (χ0) is 24.2. The Bertz CT molecular complexity index is 874. The topological polar surface area (TPSA) is 82.6 Å². The van der Waals surface area contributed by atoms with E-state index in [-0.39, 0.29) is 35.7 Å². The number of aromatic nitrogens is 1. The summed E-state index contributed by atoms with van der Waals surface area (Å²) in [5, 5.41) is 3.25. The van der Waals surface area contributed by atoms with Crippen molar-refractivity contribution < 1.29 is 14.4 Å². The third-order valence-electron chi connectivity index (χ3n) is 8.05. The number of fused-ring (bicyclic) bond motifs is 4. The Morgan fingerprint density at radius 1 is 1.09 bits per heavy atom. The van der Waals surface area contributed by atoms with E-state index in [2.05, 4.69) is 36.0 Å². The quantitative estimate of drug-likeness (QED) is 0.720. The minimum atomic E-state index is 0.0502. The molecule has 0 aliphatic carbocycles. The number of pyridine rings is 1. The molecule has 7 heteroatoms. The minimum Gasteiger partial charge on any atom is -0.353 e. The van der Waals surface area contributed by atoms with Crippen molar-refractivity contribution in [2.75, 3.05) is 19.6 Å². The average molecular weight is 469 g/mol. The molecule has 186 valence electrons. The van der Waals surface area contributed by atoms with Gasteiger partial charge in [-0.1, -0.05) is 20.8 Å². The Morgan fingerprint density at radius 2 is 1.85 bits per heavy atom. The zero-order valence-corrected chi connectivity index (χ0v) is 20.9. The van der Waals surface area contributed by atoms with Crippen LogP contribution in [0.25, 0.3) is 0 Å². The molecule has 0 saturated carbocycles. The largest absolute Gasteiger partial charge is 0.353 e. The molecule has 0 radical (unpaired) electrons. The van der Waals surface area contributed by atoms with Crippen LogP contribution in [0, 0.1) is 23.7 Å². The number of likely N-dealkylation sites (tertiary alicyclic amines) is 1. The van der Waals surface area contributed by atoms with Gasteiger partial charge in [0.2, 0.25) is 11.8 Å². The summed E-state index contributed by atoms with van der Waals surface area (Å²) >= 11 is 0. The van der Waals surface area contributed by atoms with Crippen molar-refractivity contribution in [2.45, 2.75) is 77.8 Å². The lowest BCUT2D eigenvalue weighted by Crippen LogP contribution is -2.60. The number of hydrogen-bond donors (Lipinski definition) is 1. The zero-order valence-electron chi connectivity index (χ0n) is 20.9. The summed E-state index contributed by atoms with van der Waals surface area (Å²) in [5.74, 6) is 1.66. The molecule has 1 N–H and O–H groups in total. The second-order valence-electron chi connectivity index (χ2n) is 11.1. The van der Waals surface area contributed by atoms with Gasteiger partial charge in [0.05, 0.1) is 0 Å². The van der Waals surface area contributed by atoms with Gasteiger partial charge in [-0.3, -0.25) is 19.4 Å². The SMILES string of the molecule is CC(C)[C@@H]1CC[C@@H](C)CC(=O)N2C[C@H]3C[C@H](CN(C(=O)c4ccncc4)C3)[C@@H]2CCCC(=O)N1. The molecule has 7 nitrogen and oxygen atoms in total. The maximum atomic E-state index is 13.5. The molecular formula is C27H40N4O3. The summed E-state index contributed by atoms with van der Waals surface area (Å²) < 4.78 is 0. The van der Waals surface area contributed by atoms with Crippen LogP contribution in [0.15, 0.2) is 24.5 Å². The van der Waals surface area contributed by atoms with Crippen molar-refractivity contribution >= 4 is 17.7 Å². The molecule has 2 bridgehead atoms. The second-order valence-corrected chi connectivity index (χ2v) is 11.1. The number of nitrogens with one attached hydrogen (secondary N) is 1. The van der Waals surface area contributed by atoms with Crippen molar-refractivity contribution in [1.29, 1.82) is 0 Å². The van der Waals surface area contributed by atoms with E-state index in [1.54, 1.807) is 24.5 Å². The number of nitrogens with zero attached hydrogens (tertiary/aromatic N) is 3. The maximum Gasteiger partial charge on any atom is 0.253 e. The van der Waals surface area contributed by atoms with Crippen LogP contribution < -0.4 is 5.32 Å². The number of rotatable bonds is 2. The van der Waals surface area contributed by atoms with Crippen molar-refractivity contribution in [1.82, 2.24) is 20.1 Å². The maximum absolute atomic E-state index is 13.5. The fourth-order valence-corrected chi connectivity index (χ4v) is 6.15. The van der Waals surface area contributed by atoms with Crippen LogP contribution in [0.1, 0.15) is 76.1 Å². The average Bonchev–Trinajstić information content (AvgIpc) is 2.82. The van der Waals surface area contributed by atoms with Gasteiger partial charge in [-0.25, -0.2) is 0 Å². The third-order valence-corrected chi connectivity index (χ3v) is 8.05. The van der Waals surface area contributed by atoms with Crippen molar-refractivity contribution in [3.05, 3.63) is 30.1 Å². The fraction of sp³-hybridized carbons (Fsp3) is 0.704. The van der Waals surface area contributed by atoms with Gasteiger partial charge < -0.3 is 15.1 Å². The Labute approximate surface area is 203 Å². The van der Waals surface area contributed by atoms with E-state index in [1.807, 2.05) is 4.90 Å². The van der Waals surface area contributed by atoms with Crippen LogP contribution in [0.2, 0.25) is 0 Å². The molecule has 3 aliphatic rings. The van der Waals surface area contributed by atoms with E-state index in [0.29, 0.717) is 55.8 Å². The van der Waals surface area contributed by atoms with Crippen LogP contribution in [-0.4, -0.2) is 64.2 Å². The van der Waals surface area contributed by atoms with E-state index in [9.17, 15) is 14.4 Å². The molecule has 3 aliphatic heterocycles. The second kappa shape index (κ2) is 10.9. The van der Waals surface area contributed by atoms with Crippen LogP contribution in [-0.2, 0) is 9.59 Å². The molecule has 4 rings (SSSR count). The molecule has 0 aromatic carbocycles. The predicted molar refractivity (Wildman–Crippen MR) is 131 cm³/mol. The molecule has 0 spiro atoms. The first kappa shape index (κ1) is 24.7. The molecular weight excluding hydrogens is 428 g/mol. The first-order valence-corrected chi connectivity index (χ1v) is 13.1. The Kier molecular flexibility index (Phi) is 7.89. The van der Waals surface area contributed by atoms with Gasteiger partial charge in [0, 0.05) is 62.5 Å². The first-order valence-electron chi connectivity index (χ1n) is 13.1. The third kappa shape index (κ3) is 5.78. The normalized spacial score (nSPS) is 31.1. The number of piperidine rings is 2. The number of hydrogen-bond acceptors (Lipinski definition) is 4. The smallest absolute Gasteiger partial charge is 0.253 e. The summed E-state index contributed by atoms with van der Waals surface area (Å²) in [6.07, 6.45) is 8.85. The van der Waals surface area contributed by atoms with Gasteiger partial charge in [-0.2, -0.15) is 0 Å². The monoisotopic (exact) mass is 468 g/mol. The lowest BCUT2D eigenvalue weighted by molar-refractivity contribution is -0.141. The molecule has 3 fully saturated rings. The number of carbonyl (C=O) groups is 3. The van der Waals surface area contributed by atoms with Crippen molar-refractivity contribution in [3.63, 3.8) is 0 Å². The Balaban J connectivity index is 1.50. The minimum absolute atomic E-state index is 0.0502. The van der Waals surface area contributed by atoms with E-state index in [4.69, 9.17) is 0 Å². The summed E-state index contributed by atoms with van der Waals surface area (Å²) in [4.78, 5) is 47.4. The lowest BCUT2D eigenvalue weighted by atomic mass is 9.77. The van der Waals surface area contributed by atoms with E-state index < -0.39 is 0 Å². The highest BCUT2D eigenvalue weighted by Gasteiger charge is 2.43. The summed E-state index contributed by atoms with van der Waals surface area (Å²) in [5.41, 5.74) is 0.669. The van der Waals surface area contributed by atoms with E-state index in [0.717, 1.165) is 32.1 Å². The van der Waals surface area contributed by atoms with Gasteiger partial charge in [0.25, 0.3) is 5.91 Å². The molecule has 1 aromatic rings. The first-order chi connectivity index (χ1) is 16.3. The number of amides is 3. The standard InChI is InChI=1S/C27H40N4O3/c1-18(2)23-8-7-19(3)13-26(33)31-16-20-14-22(24(31)5-4-6-25(32)29-23)17-30(15-20)27(34)21-9-11-28-12-10-21/h9-12,18-20,22-24H,4-8,13-17H2,1-3H3,(H,29,32)/t19-,20+,22-,23+,24+/m1/s1. The molecule has 3 saturated heterocycles. The highest BCUT2D eigenvalue weighted by atomic mass is 16.2. The molecule has 3 amide bonds. The van der Waals surface area contributed by atoms with Gasteiger partial charge in [0.15, 0.2) is 0 Å². The number of carbonyl (C=O) groups excluding carboxylic acids is 3. The van der Waals surface area contributed by atoms with Crippen LogP contribution in [0.3, 0.4) is 0 Å². The molecule has 5 atom stereocenters. The summed E-state index contributed by atoms with van der Waals surface area (Å²) in [7, 11) is 0. The predicted octanol–water partition coefficient (Wildman–Crippen LogP) is 3.50. The van der Waals surface area contributed by atoms with E-state index >= 15 is 0 Å². The highest BCUT2D eigenvalue weighted by Crippen LogP contribution is 2.37. The Morgan fingerprint density at radius 3 is 2.59 bits per heavy atom. The molecule has 0 unspecified atom stereocenters. The van der Waals surface area contributed by atoms with Crippen molar-refractivity contribution in [3.8, 4) is 0 Å². The fourth-order valence-electron chi connectivity index (χ4n) is 6.15. The summed E-state index contributed by atoms with van der Waals surface area (Å²) in [6, 6.07) is 3.80. The van der Waals surface area contributed by atoms with Gasteiger partial charge >= 0.3 is 0 Å². The van der Waals surface area contributed by atoms with Gasteiger partial charge in [0.1, 0.15) is 0 Å². The summed E-state index contributed by atoms with van der Waals surface area (Å²) in [6.45, 7) is 8.54. The van der Waals surface area contributed by atoms with Crippen LogP contribution in [0.5, 0.6) is 0 Å². The van der Waals surface area contributed by atoms with Crippen LogP contribution in [0.4, 0.5) is 0 Å².